The molecule has 1 saturated heterocycles. The van der Waals surface area contributed by atoms with E-state index < -0.39 is 0 Å². The quantitative estimate of drug-likeness (QED) is 0.887. The molecule has 5 nitrogen and oxygen atoms in total. The minimum Gasteiger partial charge on any atom is -0.373 e. The Morgan fingerprint density at radius 1 is 1.18 bits per heavy atom. The van der Waals surface area contributed by atoms with Crippen molar-refractivity contribution < 1.29 is 13.9 Å². The van der Waals surface area contributed by atoms with Crippen molar-refractivity contribution in [1.29, 1.82) is 0 Å². The summed E-state index contributed by atoms with van der Waals surface area (Å²) in [6.07, 6.45) is 0.827. The third kappa shape index (κ3) is 3.75. The summed E-state index contributed by atoms with van der Waals surface area (Å²) >= 11 is 0. The Balaban J connectivity index is 1.65. The molecule has 1 unspecified atom stereocenters. The highest BCUT2D eigenvalue weighted by Crippen LogP contribution is 2.36. The van der Waals surface area contributed by atoms with Gasteiger partial charge in [-0.3, -0.25) is 0 Å². The van der Waals surface area contributed by atoms with Crippen LogP contribution in [0.1, 0.15) is 22.7 Å². The third-order valence-electron chi connectivity index (χ3n) is 5.56. The molecule has 2 heterocycles. The first-order valence-corrected chi connectivity index (χ1v) is 9.82. The van der Waals surface area contributed by atoms with Gasteiger partial charge < -0.3 is 19.9 Å². The second-order valence-electron chi connectivity index (χ2n) is 7.38. The first kappa shape index (κ1) is 18.9. The molecular weight excluding hydrogens is 357 g/mol. The van der Waals surface area contributed by atoms with Crippen molar-refractivity contribution in [1.82, 2.24) is 15.1 Å². The zero-order valence-electron chi connectivity index (χ0n) is 16.1. The van der Waals surface area contributed by atoms with Crippen LogP contribution < -0.4 is 5.32 Å². The smallest absolute Gasteiger partial charge is 0.320 e. The molecule has 148 valence electrons. The number of carbonyl (C=O) groups is 1. The molecule has 0 saturated carbocycles. The minimum atomic E-state index is -0.270. The van der Waals surface area contributed by atoms with E-state index in [0.29, 0.717) is 32.8 Å². The highest BCUT2D eigenvalue weighted by molar-refractivity contribution is 5.76. The molecule has 28 heavy (non-hydrogen) atoms. The fourth-order valence-electron chi connectivity index (χ4n) is 4.20. The van der Waals surface area contributed by atoms with Gasteiger partial charge in [-0.15, -0.1) is 0 Å². The molecule has 0 aliphatic carbocycles. The highest BCUT2D eigenvalue weighted by Gasteiger charge is 2.35. The van der Waals surface area contributed by atoms with Gasteiger partial charge in [0.05, 0.1) is 18.8 Å². The number of hydrogen-bond donors (Lipinski definition) is 1. The van der Waals surface area contributed by atoms with Gasteiger partial charge in [-0.1, -0.05) is 36.4 Å². The van der Waals surface area contributed by atoms with E-state index in [2.05, 4.69) is 17.4 Å². The topological polar surface area (TPSA) is 44.8 Å². The van der Waals surface area contributed by atoms with Gasteiger partial charge in [-0.05, 0) is 42.3 Å². The third-order valence-corrected chi connectivity index (χ3v) is 5.56. The molecule has 1 fully saturated rings. The fourth-order valence-corrected chi connectivity index (χ4v) is 4.20. The number of likely N-dealkylation sites (N-methyl/N-ethyl adjacent to an activating group) is 1. The van der Waals surface area contributed by atoms with Crippen molar-refractivity contribution in [2.75, 3.05) is 39.8 Å². The molecule has 2 aromatic rings. The Hall–Kier alpha value is -2.44. The Kier molecular flexibility index (Phi) is 5.59. The number of halogens is 1. The minimum absolute atomic E-state index is 0.00375. The van der Waals surface area contributed by atoms with Crippen LogP contribution in [0.25, 0.3) is 0 Å². The maximum atomic E-state index is 13.5. The fraction of sp³-hybridized carbons (Fsp3) is 0.409. The molecular formula is C22H26FN3O2. The number of amides is 2. The average molecular weight is 383 g/mol. The van der Waals surface area contributed by atoms with E-state index in [9.17, 15) is 9.18 Å². The van der Waals surface area contributed by atoms with Crippen molar-refractivity contribution in [3.63, 3.8) is 0 Å². The zero-order chi connectivity index (χ0) is 19.5. The molecule has 0 radical (unpaired) electrons. The van der Waals surface area contributed by atoms with E-state index in [4.69, 9.17) is 4.74 Å². The predicted octanol–water partition coefficient (Wildman–Crippen LogP) is 2.81. The second kappa shape index (κ2) is 8.29. The van der Waals surface area contributed by atoms with Crippen molar-refractivity contribution in [2.24, 2.45) is 0 Å². The van der Waals surface area contributed by atoms with E-state index in [-0.39, 0.29) is 24.0 Å². The Bertz CT molecular complexity index is 825. The van der Waals surface area contributed by atoms with Crippen molar-refractivity contribution >= 4 is 6.03 Å². The van der Waals surface area contributed by atoms with Gasteiger partial charge in [-0.2, -0.15) is 0 Å². The number of nitrogens with one attached hydrogen (secondary N) is 1. The van der Waals surface area contributed by atoms with Gasteiger partial charge in [-0.25, -0.2) is 9.18 Å². The summed E-state index contributed by atoms with van der Waals surface area (Å²) in [5.74, 6) is -0.270. The average Bonchev–Trinajstić information content (AvgIpc) is 2.73. The molecule has 4 rings (SSSR count). The molecule has 2 aromatic carbocycles. The van der Waals surface area contributed by atoms with Crippen molar-refractivity contribution in [3.05, 3.63) is 71.0 Å². The van der Waals surface area contributed by atoms with Crippen LogP contribution in [0.4, 0.5) is 9.18 Å². The summed E-state index contributed by atoms with van der Waals surface area (Å²) in [6.45, 7) is 3.07. The van der Waals surface area contributed by atoms with Crippen LogP contribution >= 0.6 is 0 Å². The Morgan fingerprint density at radius 3 is 2.75 bits per heavy atom. The number of rotatable bonds is 3. The number of benzene rings is 2. The van der Waals surface area contributed by atoms with E-state index in [1.807, 2.05) is 29.0 Å². The first-order valence-electron chi connectivity index (χ1n) is 9.82. The largest absolute Gasteiger partial charge is 0.373 e. The SMILES string of the molecule is CNCC1CN(C(=O)N2CCc3ccccc3[C@@H]2c2ccc(F)cc2)CCO1. The van der Waals surface area contributed by atoms with Crippen LogP contribution in [-0.2, 0) is 11.2 Å². The summed E-state index contributed by atoms with van der Waals surface area (Å²) in [4.78, 5) is 17.3. The van der Waals surface area contributed by atoms with Gasteiger partial charge in [0.15, 0.2) is 0 Å². The number of hydrogen-bond acceptors (Lipinski definition) is 3. The molecule has 2 amide bonds. The molecule has 0 spiro atoms. The second-order valence-corrected chi connectivity index (χ2v) is 7.38. The number of carbonyl (C=O) groups excluding carboxylic acids is 1. The van der Waals surface area contributed by atoms with Gasteiger partial charge in [0.1, 0.15) is 5.82 Å². The van der Waals surface area contributed by atoms with Gasteiger partial charge >= 0.3 is 6.03 Å². The van der Waals surface area contributed by atoms with E-state index in [1.54, 1.807) is 12.1 Å². The van der Waals surface area contributed by atoms with Gasteiger partial charge in [0.25, 0.3) is 0 Å². The number of morpholine rings is 1. The predicted molar refractivity (Wildman–Crippen MR) is 106 cm³/mol. The van der Waals surface area contributed by atoms with Crippen molar-refractivity contribution in [3.8, 4) is 0 Å². The molecule has 6 heteroatoms. The van der Waals surface area contributed by atoms with Crippen LogP contribution in [0, 0.1) is 5.82 Å². The molecule has 2 aliphatic heterocycles. The van der Waals surface area contributed by atoms with Crippen LogP contribution in [0.5, 0.6) is 0 Å². The summed E-state index contributed by atoms with van der Waals surface area (Å²) in [5.41, 5.74) is 3.30. The number of nitrogens with zero attached hydrogens (tertiary/aromatic N) is 2. The van der Waals surface area contributed by atoms with E-state index >= 15 is 0 Å². The number of ether oxygens (including phenoxy) is 1. The standard InChI is InChI=1S/C22H26FN3O2/c1-24-14-19-15-25(12-13-28-19)22(27)26-11-10-16-4-2-3-5-20(16)21(26)17-6-8-18(23)9-7-17/h2-9,19,21,24H,10-15H2,1H3/t19?,21-/m0/s1. The van der Waals surface area contributed by atoms with Gasteiger partial charge in [0.2, 0.25) is 0 Å². The molecule has 0 aromatic heterocycles. The lowest BCUT2D eigenvalue weighted by Crippen LogP contribution is -2.54. The van der Waals surface area contributed by atoms with E-state index in [1.165, 1.54) is 17.7 Å². The van der Waals surface area contributed by atoms with Crippen LogP contribution in [-0.4, -0.2) is 61.8 Å². The van der Waals surface area contributed by atoms with Crippen molar-refractivity contribution in [2.45, 2.75) is 18.6 Å². The maximum absolute atomic E-state index is 13.5. The first-order chi connectivity index (χ1) is 13.7. The normalized spacial score (nSPS) is 22.1. The maximum Gasteiger partial charge on any atom is 0.320 e. The van der Waals surface area contributed by atoms with Crippen LogP contribution in [0.2, 0.25) is 0 Å². The summed E-state index contributed by atoms with van der Waals surface area (Å²) in [6, 6.07) is 14.5. The Labute approximate surface area is 165 Å². The number of fused-ring (bicyclic) bond motifs is 1. The lowest BCUT2D eigenvalue weighted by Gasteiger charge is -2.42. The summed E-state index contributed by atoms with van der Waals surface area (Å²) in [5, 5.41) is 3.12. The van der Waals surface area contributed by atoms with Gasteiger partial charge in [0, 0.05) is 26.2 Å². The zero-order valence-corrected chi connectivity index (χ0v) is 16.1. The monoisotopic (exact) mass is 383 g/mol. The summed E-state index contributed by atoms with van der Waals surface area (Å²) < 4.78 is 19.3. The number of urea groups is 1. The molecule has 2 atom stereocenters. The molecule has 1 N–H and O–H groups in total. The lowest BCUT2D eigenvalue weighted by atomic mass is 9.88. The Morgan fingerprint density at radius 2 is 1.96 bits per heavy atom. The molecule has 0 bridgehead atoms. The summed E-state index contributed by atoms with van der Waals surface area (Å²) in [7, 11) is 1.89. The van der Waals surface area contributed by atoms with Crippen LogP contribution in [0.3, 0.4) is 0 Å². The lowest BCUT2D eigenvalue weighted by molar-refractivity contribution is -0.0186. The van der Waals surface area contributed by atoms with E-state index in [0.717, 1.165) is 17.5 Å². The highest BCUT2D eigenvalue weighted by atomic mass is 19.1. The molecule has 2 aliphatic rings. The van der Waals surface area contributed by atoms with Crippen LogP contribution in [0.15, 0.2) is 48.5 Å².